The Morgan fingerprint density at radius 1 is 1.08 bits per heavy atom. The molecule has 6 heteroatoms. The van der Waals surface area contributed by atoms with Crippen LogP contribution >= 0.6 is 0 Å². The van der Waals surface area contributed by atoms with Gasteiger partial charge in [0.2, 0.25) is 0 Å². The number of aromatic nitrogens is 3. The first-order chi connectivity index (χ1) is 12.5. The number of fused-ring (bicyclic) bond motifs is 1. The standard InChI is InChI=1S/C20H18N4O2/c1-12-9-10-17-16(21-12)11-18(26-17)20(25)22-19-13(2)23-24(14(19)3)15-7-5-4-6-8-15/h4-11H,1-3H3,(H,22,25). The van der Waals surface area contributed by atoms with E-state index in [0.29, 0.717) is 16.8 Å². The molecule has 0 aliphatic rings. The number of aryl methyl sites for hydroxylation is 2. The van der Waals surface area contributed by atoms with Gasteiger partial charge in [0.25, 0.3) is 5.91 Å². The van der Waals surface area contributed by atoms with Crippen LogP contribution < -0.4 is 5.32 Å². The minimum Gasteiger partial charge on any atom is -0.449 e. The first-order valence-corrected chi connectivity index (χ1v) is 8.33. The highest BCUT2D eigenvalue weighted by molar-refractivity contribution is 6.04. The molecule has 0 aliphatic heterocycles. The second-order valence-corrected chi connectivity index (χ2v) is 6.19. The van der Waals surface area contributed by atoms with Crippen LogP contribution in [0.2, 0.25) is 0 Å². The number of nitrogens with one attached hydrogen (secondary N) is 1. The first-order valence-electron chi connectivity index (χ1n) is 8.33. The number of rotatable bonds is 3. The highest BCUT2D eigenvalue weighted by atomic mass is 16.3. The first kappa shape index (κ1) is 16.1. The molecule has 6 nitrogen and oxygen atoms in total. The van der Waals surface area contributed by atoms with Crippen LogP contribution in [0.3, 0.4) is 0 Å². The van der Waals surface area contributed by atoms with Gasteiger partial charge in [-0.05, 0) is 45.0 Å². The van der Waals surface area contributed by atoms with Crippen molar-refractivity contribution in [2.24, 2.45) is 0 Å². The van der Waals surface area contributed by atoms with Crippen molar-refractivity contribution in [3.05, 3.63) is 71.4 Å². The lowest BCUT2D eigenvalue weighted by atomic mass is 10.2. The topological polar surface area (TPSA) is 73.0 Å². The Hall–Kier alpha value is -3.41. The van der Waals surface area contributed by atoms with Crippen LogP contribution in [0.15, 0.2) is 52.9 Å². The third-order valence-corrected chi connectivity index (χ3v) is 4.27. The molecule has 0 aliphatic carbocycles. The molecule has 1 N–H and O–H groups in total. The van der Waals surface area contributed by atoms with Crippen molar-refractivity contribution >= 4 is 22.7 Å². The summed E-state index contributed by atoms with van der Waals surface area (Å²) in [6.45, 7) is 5.69. The lowest BCUT2D eigenvalue weighted by Crippen LogP contribution is -2.12. The molecule has 1 amide bonds. The Morgan fingerprint density at radius 2 is 1.85 bits per heavy atom. The summed E-state index contributed by atoms with van der Waals surface area (Å²) in [7, 11) is 0. The smallest absolute Gasteiger partial charge is 0.291 e. The number of hydrogen-bond acceptors (Lipinski definition) is 4. The van der Waals surface area contributed by atoms with Crippen molar-refractivity contribution in [2.45, 2.75) is 20.8 Å². The molecular formula is C20H18N4O2. The van der Waals surface area contributed by atoms with Crippen LogP contribution in [0.5, 0.6) is 0 Å². The van der Waals surface area contributed by atoms with E-state index in [1.54, 1.807) is 6.07 Å². The molecular weight excluding hydrogens is 328 g/mol. The molecule has 3 heterocycles. The number of para-hydroxylation sites is 1. The number of anilines is 1. The van der Waals surface area contributed by atoms with E-state index in [4.69, 9.17) is 4.42 Å². The van der Waals surface area contributed by atoms with Gasteiger partial charge < -0.3 is 9.73 Å². The van der Waals surface area contributed by atoms with Crippen LogP contribution in [0.25, 0.3) is 16.8 Å². The Labute approximate surface area is 150 Å². The van der Waals surface area contributed by atoms with E-state index >= 15 is 0 Å². The third-order valence-electron chi connectivity index (χ3n) is 4.27. The number of pyridine rings is 1. The average Bonchev–Trinajstić information content (AvgIpc) is 3.18. The van der Waals surface area contributed by atoms with Crippen LogP contribution in [0.1, 0.15) is 27.6 Å². The largest absolute Gasteiger partial charge is 0.449 e. The minimum atomic E-state index is -0.320. The van der Waals surface area contributed by atoms with E-state index in [-0.39, 0.29) is 11.7 Å². The molecule has 0 saturated carbocycles. The number of furan rings is 1. The van der Waals surface area contributed by atoms with Gasteiger partial charge in [0, 0.05) is 11.8 Å². The molecule has 0 radical (unpaired) electrons. The summed E-state index contributed by atoms with van der Waals surface area (Å²) in [6, 6.07) is 15.1. The van der Waals surface area contributed by atoms with E-state index < -0.39 is 0 Å². The number of benzene rings is 1. The second kappa shape index (κ2) is 6.15. The van der Waals surface area contributed by atoms with E-state index in [0.717, 1.165) is 22.8 Å². The highest BCUT2D eigenvalue weighted by Gasteiger charge is 2.19. The summed E-state index contributed by atoms with van der Waals surface area (Å²) in [5, 5.41) is 7.46. The van der Waals surface area contributed by atoms with E-state index in [2.05, 4.69) is 15.4 Å². The predicted octanol–water partition coefficient (Wildman–Crippen LogP) is 4.19. The van der Waals surface area contributed by atoms with E-state index in [1.807, 2.05) is 67.9 Å². The third kappa shape index (κ3) is 2.75. The normalized spacial score (nSPS) is 11.0. The van der Waals surface area contributed by atoms with Crippen LogP contribution in [-0.4, -0.2) is 20.7 Å². The van der Waals surface area contributed by atoms with Gasteiger partial charge in [-0.25, -0.2) is 9.67 Å². The summed E-state index contributed by atoms with van der Waals surface area (Å²) < 4.78 is 7.44. The molecule has 0 atom stereocenters. The summed E-state index contributed by atoms with van der Waals surface area (Å²) in [4.78, 5) is 17.0. The van der Waals surface area contributed by atoms with Crippen molar-refractivity contribution < 1.29 is 9.21 Å². The summed E-state index contributed by atoms with van der Waals surface area (Å²) >= 11 is 0. The lowest BCUT2D eigenvalue weighted by molar-refractivity contribution is 0.0998. The number of amides is 1. The number of carbonyl (C=O) groups is 1. The minimum absolute atomic E-state index is 0.226. The predicted molar refractivity (Wildman–Crippen MR) is 99.7 cm³/mol. The molecule has 0 unspecified atom stereocenters. The Balaban J connectivity index is 1.66. The molecule has 130 valence electrons. The lowest BCUT2D eigenvalue weighted by Gasteiger charge is -2.06. The van der Waals surface area contributed by atoms with Crippen LogP contribution in [0, 0.1) is 20.8 Å². The maximum absolute atomic E-state index is 12.6. The van der Waals surface area contributed by atoms with E-state index in [1.165, 1.54) is 0 Å². The fourth-order valence-electron chi connectivity index (χ4n) is 2.96. The number of carbonyl (C=O) groups excluding carboxylic acids is 1. The molecule has 0 saturated heterocycles. The molecule has 26 heavy (non-hydrogen) atoms. The van der Waals surface area contributed by atoms with Crippen molar-refractivity contribution in [3.8, 4) is 5.69 Å². The molecule has 4 aromatic rings. The zero-order valence-corrected chi connectivity index (χ0v) is 14.8. The summed E-state index contributed by atoms with van der Waals surface area (Å²) in [6.07, 6.45) is 0. The average molecular weight is 346 g/mol. The molecule has 0 bridgehead atoms. The maximum Gasteiger partial charge on any atom is 0.291 e. The summed E-state index contributed by atoms with van der Waals surface area (Å²) in [5.74, 6) is -0.0937. The summed E-state index contributed by atoms with van der Waals surface area (Å²) in [5.41, 5.74) is 5.36. The zero-order chi connectivity index (χ0) is 18.3. The molecule has 4 rings (SSSR count). The van der Waals surface area contributed by atoms with Gasteiger partial charge in [-0.15, -0.1) is 0 Å². The number of nitrogens with zero attached hydrogens (tertiary/aromatic N) is 3. The van der Waals surface area contributed by atoms with Crippen molar-refractivity contribution in [1.82, 2.24) is 14.8 Å². The van der Waals surface area contributed by atoms with Gasteiger partial charge in [0.15, 0.2) is 11.3 Å². The van der Waals surface area contributed by atoms with Gasteiger partial charge in [-0.2, -0.15) is 5.10 Å². The van der Waals surface area contributed by atoms with Crippen molar-refractivity contribution in [1.29, 1.82) is 0 Å². The highest BCUT2D eigenvalue weighted by Crippen LogP contribution is 2.24. The quantitative estimate of drug-likeness (QED) is 0.604. The van der Waals surface area contributed by atoms with E-state index in [9.17, 15) is 4.79 Å². The van der Waals surface area contributed by atoms with Gasteiger partial charge in [-0.1, -0.05) is 18.2 Å². The van der Waals surface area contributed by atoms with Gasteiger partial charge >= 0.3 is 0 Å². The monoisotopic (exact) mass is 346 g/mol. The molecule has 1 aromatic carbocycles. The maximum atomic E-state index is 12.6. The SMILES string of the molecule is Cc1ccc2oc(C(=O)Nc3c(C)nn(-c4ccccc4)c3C)cc2n1. The van der Waals surface area contributed by atoms with Gasteiger partial charge in [0.1, 0.15) is 5.52 Å². The van der Waals surface area contributed by atoms with Gasteiger partial charge in [0.05, 0.1) is 22.8 Å². The Bertz CT molecular complexity index is 1110. The fourth-order valence-corrected chi connectivity index (χ4v) is 2.96. The Morgan fingerprint density at radius 3 is 2.62 bits per heavy atom. The number of hydrogen-bond donors (Lipinski definition) is 1. The van der Waals surface area contributed by atoms with Gasteiger partial charge in [-0.3, -0.25) is 4.79 Å². The second-order valence-electron chi connectivity index (χ2n) is 6.19. The molecule has 0 spiro atoms. The zero-order valence-electron chi connectivity index (χ0n) is 14.8. The van der Waals surface area contributed by atoms with Crippen molar-refractivity contribution in [3.63, 3.8) is 0 Å². The van der Waals surface area contributed by atoms with Crippen molar-refractivity contribution in [2.75, 3.05) is 5.32 Å². The Kier molecular flexibility index (Phi) is 3.80. The van der Waals surface area contributed by atoms with Crippen LogP contribution in [0.4, 0.5) is 5.69 Å². The van der Waals surface area contributed by atoms with Crippen LogP contribution in [-0.2, 0) is 0 Å². The fraction of sp³-hybridized carbons (Fsp3) is 0.150. The molecule has 3 aromatic heterocycles. The molecule has 0 fully saturated rings.